The van der Waals surface area contributed by atoms with E-state index in [4.69, 9.17) is 13.7 Å². The topological polar surface area (TPSA) is 104 Å². The van der Waals surface area contributed by atoms with Crippen LogP contribution in [0.4, 0.5) is 0 Å². The van der Waals surface area contributed by atoms with Crippen LogP contribution in [0.3, 0.4) is 0 Å². The summed E-state index contributed by atoms with van der Waals surface area (Å²) in [6.45, 7) is 3.94. The fourth-order valence-corrected chi connectivity index (χ4v) is 4.35. The van der Waals surface area contributed by atoms with E-state index in [2.05, 4.69) is 10.1 Å². The normalized spacial score (nSPS) is 11.3. The van der Waals surface area contributed by atoms with Gasteiger partial charge >= 0.3 is 5.76 Å². The first-order chi connectivity index (χ1) is 16.8. The minimum absolute atomic E-state index is 0.0660. The number of ether oxygens (including phenoxy) is 1. The smallest absolute Gasteiger partial charge is 0.420 e. The summed E-state index contributed by atoms with van der Waals surface area (Å²) < 4.78 is 18.2. The lowest BCUT2D eigenvalue weighted by molar-refractivity contribution is 0.0823. The number of carbonyl (C=O) groups is 1. The molecule has 0 aliphatic carbocycles. The molecule has 5 aromatic rings. The van der Waals surface area contributed by atoms with E-state index in [0.717, 1.165) is 16.7 Å². The number of pyridine rings is 1. The van der Waals surface area contributed by atoms with Crippen molar-refractivity contribution in [1.29, 1.82) is 0 Å². The largest absolute Gasteiger partial charge is 0.496 e. The van der Waals surface area contributed by atoms with Gasteiger partial charge in [0.15, 0.2) is 11.3 Å². The summed E-state index contributed by atoms with van der Waals surface area (Å²) >= 11 is 0. The molecule has 0 saturated carbocycles. The van der Waals surface area contributed by atoms with Gasteiger partial charge in [-0.15, -0.1) is 0 Å². The number of oxazole rings is 1. The molecule has 0 N–H and O–H groups in total. The van der Waals surface area contributed by atoms with Crippen LogP contribution in [-0.4, -0.2) is 46.7 Å². The molecule has 9 nitrogen and oxygen atoms in total. The molecule has 0 saturated heterocycles. The van der Waals surface area contributed by atoms with Crippen molar-refractivity contribution < 1.29 is 18.5 Å². The van der Waals surface area contributed by atoms with E-state index in [1.54, 1.807) is 21.2 Å². The van der Waals surface area contributed by atoms with E-state index in [1.165, 1.54) is 9.47 Å². The highest BCUT2D eigenvalue weighted by Gasteiger charge is 2.26. The standard InChI is InChI=1S/C26H24N4O5/c1-14-21(15(2)35-28-14)18-11-19-17(12-20(18)33-5)23-24(22(27-19)25(31)29(3)4)34-26(32)30(23)13-16-9-7-6-8-10-16/h6-12H,13H2,1-5H3. The van der Waals surface area contributed by atoms with E-state index in [0.29, 0.717) is 33.6 Å². The number of carbonyl (C=O) groups excluding carboxylic acids is 1. The number of fused-ring (bicyclic) bond motifs is 3. The van der Waals surface area contributed by atoms with Crippen molar-refractivity contribution in [2.24, 2.45) is 0 Å². The number of aromatic nitrogens is 3. The lowest BCUT2D eigenvalue weighted by atomic mass is 10.00. The van der Waals surface area contributed by atoms with Crippen LogP contribution in [0.2, 0.25) is 0 Å². The molecule has 1 amide bonds. The summed E-state index contributed by atoms with van der Waals surface area (Å²) in [7, 11) is 4.83. The molecule has 0 bridgehead atoms. The number of benzene rings is 2. The van der Waals surface area contributed by atoms with Gasteiger partial charge in [-0.2, -0.15) is 0 Å². The molecule has 0 spiro atoms. The van der Waals surface area contributed by atoms with Gasteiger partial charge in [-0.1, -0.05) is 35.5 Å². The Bertz CT molecular complexity index is 1620. The van der Waals surface area contributed by atoms with E-state index >= 15 is 0 Å². The summed E-state index contributed by atoms with van der Waals surface area (Å²) in [5.41, 5.74) is 4.35. The Morgan fingerprint density at radius 2 is 1.89 bits per heavy atom. The number of rotatable bonds is 5. The third kappa shape index (κ3) is 3.65. The zero-order chi connectivity index (χ0) is 24.9. The van der Waals surface area contributed by atoms with Crippen LogP contribution in [0.15, 0.2) is 56.2 Å². The highest BCUT2D eigenvalue weighted by atomic mass is 16.5. The van der Waals surface area contributed by atoms with Gasteiger partial charge in [0.1, 0.15) is 17.0 Å². The van der Waals surface area contributed by atoms with Gasteiger partial charge in [0, 0.05) is 25.0 Å². The molecule has 0 atom stereocenters. The first kappa shape index (κ1) is 22.4. The monoisotopic (exact) mass is 472 g/mol. The Labute approximate surface area is 200 Å². The van der Waals surface area contributed by atoms with Gasteiger partial charge in [-0.25, -0.2) is 9.78 Å². The summed E-state index contributed by atoms with van der Waals surface area (Å²) in [6, 6.07) is 13.2. The lowest BCUT2D eigenvalue weighted by Gasteiger charge is -2.14. The van der Waals surface area contributed by atoms with Crippen LogP contribution in [0.25, 0.3) is 33.1 Å². The van der Waals surface area contributed by atoms with Crippen molar-refractivity contribution in [2.75, 3.05) is 21.2 Å². The summed E-state index contributed by atoms with van der Waals surface area (Å²) in [6.07, 6.45) is 0. The average Bonchev–Trinajstić information content (AvgIpc) is 3.36. The maximum absolute atomic E-state index is 13.1. The van der Waals surface area contributed by atoms with Crippen LogP contribution < -0.4 is 10.5 Å². The number of hydrogen-bond donors (Lipinski definition) is 0. The second-order valence-corrected chi connectivity index (χ2v) is 8.55. The molecule has 35 heavy (non-hydrogen) atoms. The maximum Gasteiger partial charge on any atom is 0.420 e. The first-order valence-electron chi connectivity index (χ1n) is 11.0. The molecule has 3 aromatic heterocycles. The Morgan fingerprint density at radius 3 is 2.51 bits per heavy atom. The quantitative estimate of drug-likeness (QED) is 0.378. The molecule has 0 fully saturated rings. The third-order valence-electron chi connectivity index (χ3n) is 6.01. The SMILES string of the molecule is COc1cc2c(cc1-c1c(C)noc1C)nc(C(=O)N(C)C)c1oc(=O)n(Cc3ccccc3)c12. The van der Waals surface area contributed by atoms with Gasteiger partial charge in [0.2, 0.25) is 0 Å². The molecular weight excluding hydrogens is 448 g/mol. The first-order valence-corrected chi connectivity index (χ1v) is 11.0. The molecule has 0 unspecified atom stereocenters. The summed E-state index contributed by atoms with van der Waals surface area (Å²) in [4.78, 5) is 32.1. The summed E-state index contributed by atoms with van der Waals surface area (Å²) in [5, 5.41) is 4.69. The van der Waals surface area contributed by atoms with E-state index in [1.807, 2.05) is 56.3 Å². The minimum atomic E-state index is -0.570. The van der Waals surface area contributed by atoms with E-state index in [9.17, 15) is 9.59 Å². The predicted octanol–water partition coefficient (Wildman–Crippen LogP) is 4.17. The number of amides is 1. The van der Waals surface area contributed by atoms with Gasteiger partial charge in [-0.05, 0) is 31.5 Å². The second-order valence-electron chi connectivity index (χ2n) is 8.55. The zero-order valence-electron chi connectivity index (χ0n) is 20.1. The third-order valence-corrected chi connectivity index (χ3v) is 6.01. The van der Waals surface area contributed by atoms with E-state index < -0.39 is 5.76 Å². The fraction of sp³-hybridized carbons (Fsp3) is 0.231. The van der Waals surface area contributed by atoms with Crippen LogP contribution in [0.5, 0.6) is 5.75 Å². The molecule has 5 rings (SSSR count). The molecule has 2 aromatic carbocycles. The molecule has 3 heterocycles. The second kappa shape index (κ2) is 8.43. The van der Waals surface area contributed by atoms with E-state index in [-0.39, 0.29) is 23.7 Å². The van der Waals surface area contributed by atoms with Crippen molar-refractivity contribution >= 4 is 27.9 Å². The van der Waals surface area contributed by atoms with Crippen molar-refractivity contribution in [3.63, 3.8) is 0 Å². The van der Waals surface area contributed by atoms with Gasteiger partial charge < -0.3 is 18.6 Å². The Kier molecular flexibility index (Phi) is 5.39. The van der Waals surface area contributed by atoms with Crippen molar-refractivity contribution in [3.05, 3.63) is 75.7 Å². The predicted molar refractivity (Wildman–Crippen MR) is 131 cm³/mol. The van der Waals surface area contributed by atoms with Gasteiger partial charge in [-0.3, -0.25) is 9.36 Å². The minimum Gasteiger partial charge on any atom is -0.496 e. The number of methoxy groups -OCH3 is 1. The van der Waals surface area contributed by atoms with Crippen molar-refractivity contribution in [1.82, 2.24) is 19.6 Å². The Balaban J connectivity index is 1.89. The molecule has 9 heteroatoms. The average molecular weight is 473 g/mol. The Hall–Kier alpha value is -4.40. The van der Waals surface area contributed by atoms with Gasteiger partial charge in [0.05, 0.1) is 30.4 Å². The Morgan fingerprint density at radius 1 is 1.14 bits per heavy atom. The number of nitrogens with zero attached hydrogens (tertiary/aromatic N) is 4. The molecule has 0 aliphatic heterocycles. The number of aryl methyl sites for hydroxylation is 2. The molecule has 0 aliphatic rings. The zero-order valence-corrected chi connectivity index (χ0v) is 20.1. The van der Waals surface area contributed by atoms with Crippen molar-refractivity contribution in [2.45, 2.75) is 20.4 Å². The summed E-state index contributed by atoms with van der Waals surface area (Å²) in [5.74, 6) is 0.253. The molecule has 178 valence electrons. The van der Waals surface area contributed by atoms with Crippen LogP contribution in [0.1, 0.15) is 27.5 Å². The van der Waals surface area contributed by atoms with Crippen LogP contribution >= 0.6 is 0 Å². The van der Waals surface area contributed by atoms with Crippen LogP contribution in [-0.2, 0) is 6.54 Å². The van der Waals surface area contributed by atoms with Crippen LogP contribution in [0, 0.1) is 13.8 Å². The molecular formula is C26H24N4O5. The lowest BCUT2D eigenvalue weighted by Crippen LogP contribution is -2.23. The maximum atomic E-state index is 13.1. The highest BCUT2D eigenvalue weighted by molar-refractivity contribution is 6.12. The molecule has 0 radical (unpaired) electrons. The van der Waals surface area contributed by atoms with Crippen molar-refractivity contribution in [3.8, 4) is 16.9 Å². The van der Waals surface area contributed by atoms with Gasteiger partial charge in [0.25, 0.3) is 5.91 Å². The highest BCUT2D eigenvalue weighted by Crippen LogP contribution is 2.39. The number of hydrogen-bond acceptors (Lipinski definition) is 7. The fourth-order valence-electron chi connectivity index (χ4n) is 4.35.